The fourth-order valence-corrected chi connectivity index (χ4v) is 2.92. The Morgan fingerprint density at radius 3 is 2.21 bits per heavy atom. The SMILES string of the molecule is CCCCC(NCc1ccc(-c2cc(C)cc(C)c2)cc1)C(=O)O. The molecule has 2 aromatic rings. The number of carboxylic acid groups (broad SMARTS) is 1. The van der Waals surface area contributed by atoms with E-state index in [1.165, 1.54) is 22.3 Å². The maximum atomic E-state index is 11.3. The Labute approximate surface area is 144 Å². The molecule has 1 atom stereocenters. The number of hydrogen-bond donors (Lipinski definition) is 2. The molecular formula is C21H27NO2. The van der Waals surface area contributed by atoms with Gasteiger partial charge in [0.1, 0.15) is 6.04 Å². The Bertz CT molecular complexity index is 656. The van der Waals surface area contributed by atoms with Crippen molar-refractivity contribution in [1.82, 2.24) is 5.32 Å². The summed E-state index contributed by atoms with van der Waals surface area (Å²) in [7, 11) is 0. The molecule has 0 saturated heterocycles. The maximum Gasteiger partial charge on any atom is 0.320 e. The topological polar surface area (TPSA) is 49.3 Å². The molecule has 0 bridgehead atoms. The normalized spacial score (nSPS) is 12.1. The van der Waals surface area contributed by atoms with Crippen molar-refractivity contribution in [2.75, 3.05) is 0 Å². The van der Waals surface area contributed by atoms with Gasteiger partial charge in [0.05, 0.1) is 0 Å². The van der Waals surface area contributed by atoms with E-state index in [1.807, 2.05) is 0 Å². The van der Waals surface area contributed by atoms with Crippen molar-refractivity contribution in [3.05, 3.63) is 59.2 Å². The van der Waals surface area contributed by atoms with Gasteiger partial charge in [-0.05, 0) is 37.0 Å². The molecule has 2 aromatic carbocycles. The fourth-order valence-electron chi connectivity index (χ4n) is 2.92. The number of nitrogens with one attached hydrogen (secondary N) is 1. The maximum absolute atomic E-state index is 11.3. The quantitative estimate of drug-likeness (QED) is 0.739. The van der Waals surface area contributed by atoms with Gasteiger partial charge in [0.2, 0.25) is 0 Å². The van der Waals surface area contributed by atoms with Crippen LogP contribution in [0.5, 0.6) is 0 Å². The zero-order valence-corrected chi connectivity index (χ0v) is 14.8. The van der Waals surface area contributed by atoms with E-state index in [4.69, 9.17) is 0 Å². The predicted octanol–water partition coefficient (Wildman–Crippen LogP) is 4.70. The van der Waals surface area contributed by atoms with Crippen LogP contribution in [-0.4, -0.2) is 17.1 Å². The van der Waals surface area contributed by atoms with Gasteiger partial charge in [-0.2, -0.15) is 0 Å². The molecule has 0 aliphatic heterocycles. The third-order valence-electron chi connectivity index (χ3n) is 4.21. The Balaban J connectivity index is 2.02. The van der Waals surface area contributed by atoms with Gasteiger partial charge < -0.3 is 10.4 Å². The van der Waals surface area contributed by atoms with Crippen LogP contribution in [-0.2, 0) is 11.3 Å². The Morgan fingerprint density at radius 2 is 1.67 bits per heavy atom. The Morgan fingerprint density at radius 1 is 1.04 bits per heavy atom. The lowest BCUT2D eigenvalue weighted by molar-refractivity contribution is -0.139. The van der Waals surface area contributed by atoms with Gasteiger partial charge in [0.25, 0.3) is 0 Å². The van der Waals surface area contributed by atoms with Crippen molar-refractivity contribution in [1.29, 1.82) is 0 Å². The second-order valence-corrected chi connectivity index (χ2v) is 6.49. The lowest BCUT2D eigenvalue weighted by Gasteiger charge is -2.14. The van der Waals surface area contributed by atoms with Crippen LogP contribution in [0.15, 0.2) is 42.5 Å². The van der Waals surface area contributed by atoms with E-state index in [-0.39, 0.29) is 0 Å². The molecule has 2 rings (SSSR count). The van der Waals surface area contributed by atoms with Gasteiger partial charge in [-0.25, -0.2) is 0 Å². The smallest absolute Gasteiger partial charge is 0.320 e. The number of carboxylic acids is 1. The van der Waals surface area contributed by atoms with E-state index in [9.17, 15) is 9.90 Å². The number of benzene rings is 2. The number of carbonyl (C=O) groups is 1. The van der Waals surface area contributed by atoms with Crippen molar-refractivity contribution in [2.45, 2.75) is 52.6 Å². The van der Waals surface area contributed by atoms with E-state index in [2.05, 4.69) is 68.6 Å². The highest BCUT2D eigenvalue weighted by atomic mass is 16.4. The third-order valence-corrected chi connectivity index (χ3v) is 4.21. The van der Waals surface area contributed by atoms with Gasteiger partial charge in [-0.3, -0.25) is 4.79 Å². The molecule has 128 valence electrons. The lowest BCUT2D eigenvalue weighted by atomic mass is 10.00. The monoisotopic (exact) mass is 325 g/mol. The predicted molar refractivity (Wildman–Crippen MR) is 99.1 cm³/mol. The van der Waals surface area contributed by atoms with Crippen LogP contribution in [0.3, 0.4) is 0 Å². The molecule has 0 heterocycles. The molecule has 0 spiro atoms. The van der Waals surface area contributed by atoms with Gasteiger partial charge in [-0.15, -0.1) is 0 Å². The van der Waals surface area contributed by atoms with Crippen LogP contribution in [0.2, 0.25) is 0 Å². The highest BCUT2D eigenvalue weighted by Gasteiger charge is 2.15. The average molecular weight is 325 g/mol. The summed E-state index contributed by atoms with van der Waals surface area (Å²) in [5.41, 5.74) is 6.03. The number of hydrogen-bond acceptors (Lipinski definition) is 2. The van der Waals surface area contributed by atoms with Crippen molar-refractivity contribution in [3.63, 3.8) is 0 Å². The second-order valence-electron chi connectivity index (χ2n) is 6.49. The second kappa shape index (κ2) is 8.65. The minimum atomic E-state index is -0.768. The molecule has 0 aliphatic rings. The van der Waals surface area contributed by atoms with Gasteiger partial charge in [0, 0.05) is 6.54 Å². The van der Waals surface area contributed by atoms with Crippen LogP contribution < -0.4 is 5.32 Å². The summed E-state index contributed by atoms with van der Waals surface area (Å²) in [6, 6.07) is 14.4. The molecule has 3 heteroatoms. The summed E-state index contributed by atoms with van der Waals surface area (Å²) in [5, 5.41) is 12.4. The molecule has 0 radical (unpaired) electrons. The van der Waals surface area contributed by atoms with Crippen molar-refractivity contribution in [2.24, 2.45) is 0 Å². The summed E-state index contributed by atoms with van der Waals surface area (Å²) < 4.78 is 0. The number of aryl methyl sites for hydroxylation is 2. The van der Waals surface area contributed by atoms with E-state index in [0.717, 1.165) is 18.4 Å². The largest absolute Gasteiger partial charge is 0.480 e. The summed E-state index contributed by atoms with van der Waals surface area (Å²) in [6.45, 7) is 6.87. The fraction of sp³-hybridized carbons (Fsp3) is 0.381. The molecule has 0 saturated carbocycles. The highest BCUT2D eigenvalue weighted by molar-refractivity contribution is 5.73. The first-order valence-corrected chi connectivity index (χ1v) is 8.63. The molecule has 0 aromatic heterocycles. The third kappa shape index (κ3) is 5.20. The number of unbranched alkanes of at least 4 members (excludes halogenated alkanes) is 1. The number of rotatable bonds is 8. The zero-order chi connectivity index (χ0) is 17.5. The van der Waals surface area contributed by atoms with Crippen molar-refractivity contribution >= 4 is 5.97 Å². The Hall–Kier alpha value is -2.13. The summed E-state index contributed by atoms with van der Waals surface area (Å²) in [5.74, 6) is -0.768. The van der Waals surface area contributed by atoms with Crippen LogP contribution in [0.25, 0.3) is 11.1 Å². The molecule has 3 nitrogen and oxygen atoms in total. The lowest BCUT2D eigenvalue weighted by Crippen LogP contribution is -2.36. The minimum Gasteiger partial charge on any atom is -0.480 e. The van der Waals surface area contributed by atoms with Gasteiger partial charge >= 0.3 is 5.97 Å². The first kappa shape index (κ1) is 18.2. The van der Waals surface area contributed by atoms with Crippen molar-refractivity contribution in [3.8, 4) is 11.1 Å². The summed E-state index contributed by atoms with van der Waals surface area (Å²) >= 11 is 0. The van der Waals surface area contributed by atoms with Crippen molar-refractivity contribution < 1.29 is 9.90 Å². The van der Waals surface area contributed by atoms with Crippen LogP contribution in [0.1, 0.15) is 42.9 Å². The van der Waals surface area contributed by atoms with E-state index >= 15 is 0 Å². The van der Waals surface area contributed by atoms with E-state index < -0.39 is 12.0 Å². The zero-order valence-electron chi connectivity index (χ0n) is 14.8. The first-order chi connectivity index (χ1) is 11.5. The van der Waals surface area contributed by atoms with Gasteiger partial charge in [-0.1, -0.05) is 73.4 Å². The molecule has 24 heavy (non-hydrogen) atoms. The van der Waals surface area contributed by atoms with Crippen LogP contribution in [0, 0.1) is 13.8 Å². The summed E-state index contributed by atoms with van der Waals surface area (Å²) in [6.07, 6.45) is 2.61. The molecule has 0 aliphatic carbocycles. The van der Waals surface area contributed by atoms with Gasteiger partial charge in [0.15, 0.2) is 0 Å². The molecule has 0 amide bonds. The molecule has 1 unspecified atom stereocenters. The highest BCUT2D eigenvalue weighted by Crippen LogP contribution is 2.22. The molecule has 2 N–H and O–H groups in total. The minimum absolute atomic E-state index is 0.468. The average Bonchev–Trinajstić information content (AvgIpc) is 2.54. The molecule has 0 fully saturated rings. The Kier molecular flexibility index (Phi) is 6.56. The molecular weight excluding hydrogens is 298 g/mol. The van der Waals surface area contributed by atoms with Crippen LogP contribution in [0.4, 0.5) is 0 Å². The standard InChI is InChI=1S/C21H27NO2/c1-4-5-6-20(21(23)24)22-14-17-7-9-18(10-8-17)19-12-15(2)11-16(3)13-19/h7-13,20,22H,4-6,14H2,1-3H3,(H,23,24). The number of aliphatic carboxylic acids is 1. The first-order valence-electron chi connectivity index (χ1n) is 8.63. The summed E-state index contributed by atoms with van der Waals surface area (Å²) in [4.78, 5) is 11.3. The van der Waals surface area contributed by atoms with Crippen LogP contribution >= 0.6 is 0 Å². The van der Waals surface area contributed by atoms with E-state index in [1.54, 1.807) is 0 Å². The van der Waals surface area contributed by atoms with E-state index in [0.29, 0.717) is 13.0 Å².